The van der Waals surface area contributed by atoms with Crippen molar-refractivity contribution in [2.75, 3.05) is 5.75 Å². The van der Waals surface area contributed by atoms with E-state index in [4.69, 9.17) is 0 Å². The van der Waals surface area contributed by atoms with E-state index in [1.54, 1.807) is 0 Å². The summed E-state index contributed by atoms with van der Waals surface area (Å²) >= 11 is 2.02. The molecule has 1 N–H and O–H groups in total. The quantitative estimate of drug-likeness (QED) is 0.578. The van der Waals surface area contributed by atoms with Crippen molar-refractivity contribution in [1.82, 2.24) is 5.32 Å². The van der Waals surface area contributed by atoms with Crippen LogP contribution in [0.2, 0.25) is 0 Å². The second-order valence-electron chi connectivity index (χ2n) is 2.25. The first kappa shape index (κ1) is 6.43. The van der Waals surface area contributed by atoms with Crippen molar-refractivity contribution in [2.45, 2.75) is 31.7 Å². The van der Waals surface area contributed by atoms with Crippen molar-refractivity contribution in [3.63, 3.8) is 0 Å². The Bertz CT molecular complexity index is 74.9. The van der Waals surface area contributed by atoms with E-state index in [1.165, 1.54) is 12.2 Å². The molecule has 0 saturated carbocycles. The molecule has 1 aliphatic rings. The van der Waals surface area contributed by atoms with Gasteiger partial charge in [-0.1, -0.05) is 6.92 Å². The molecule has 0 spiro atoms. The summed E-state index contributed by atoms with van der Waals surface area (Å²) in [5, 5.41) is 4.16. The van der Waals surface area contributed by atoms with Crippen molar-refractivity contribution in [1.29, 1.82) is 0 Å². The van der Waals surface area contributed by atoms with Crippen LogP contribution in [0.1, 0.15) is 20.3 Å². The minimum absolute atomic E-state index is 0.694. The second kappa shape index (κ2) is 2.74. The third-order valence-corrected chi connectivity index (χ3v) is 2.74. The summed E-state index contributed by atoms with van der Waals surface area (Å²) < 4.78 is 0. The van der Waals surface area contributed by atoms with E-state index in [2.05, 4.69) is 19.2 Å². The van der Waals surface area contributed by atoms with Crippen LogP contribution in [0.15, 0.2) is 0 Å². The highest BCUT2D eigenvalue weighted by atomic mass is 32.2. The van der Waals surface area contributed by atoms with E-state index < -0.39 is 0 Å². The highest BCUT2D eigenvalue weighted by Crippen LogP contribution is 2.18. The Labute approximate surface area is 55.2 Å². The standard InChI is InChI=1S/C6H13NS/c1-3-6-4-8-5(2)7-6/h5-7H,3-4H2,1-2H3. The van der Waals surface area contributed by atoms with E-state index in [-0.39, 0.29) is 0 Å². The smallest absolute Gasteiger partial charge is 0.0506 e. The van der Waals surface area contributed by atoms with Gasteiger partial charge in [-0.2, -0.15) is 0 Å². The molecular weight excluding hydrogens is 118 g/mol. The summed E-state index contributed by atoms with van der Waals surface area (Å²) in [6.45, 7) is 4.45. The number of thioether (sulfide) groups is 1. The van der Waals surface area contributed by atoms with Gasteiger partial charge in [0, 0.05) is 11.8 Å². The minimum atomic E-state index is 0.694. The largest absolute Gasteiger partial charge is 0.302 e. The first-order valence-electron chi connectivity index (χ1n) is 3.20. The van der Waals surface area contributed by atoms with Crippen molar-refractivity contribution in [3.05, 3.63) is 0 Å². The van der Waals surface area contributed by atoms with E-state index in [1.807, 2.05) is 11.8 Å². The fourth-order valence-electron chi connectivity index (χ4n) is 0.924. The van der Waals surface area contributed by atoms with Gasteiger partial charge in [0.05, 0.1) is 5.37 Å². The fraction of sp³-hybridized carbons (Fsp3) is 1.00. The molecule has 0 aromatic carbocycles. The first-order chi connectivity index (χ1) is 3.83. The minimum Gasteiger partial charge on any atom is -0.302 e. The van der Waals surface area contributed by atoms with E-state index >= 15 is 0 Å². The SMILES string of the molecule is CCC1CSC(C)N1. The molecule has 1 aliphatic heterocycles. The Hall–Kier alpha value is 0.310. The summed E-state index contributed by atoms with van der Waals surface area (Å²) in [6.07, 6.45) is 1.28. The first-order valence-corrected chi connectivity index (χ1v) is 4.25. The maximum Gasteiger partial charge on any atom is 0.0506 e. The van der Waals surface area contributed by atoms with Crippen molar-refractivity contribution >= 4 is 11.8 Å². The van der Waals surface area contributed by atoms with Gasteiger partial charge in [0.2, 0.25) is 0 Å². The highest BCUT2D eigenvalue weighted by Gasteiger charge is 2.17. The molecule has 0 aromatic rings. The molecule has 8 heavy (non-hydrogen) atoms. The van der Waals surface area contributed by atoms with Crippen LogP contribution >= 0.6 is 11.8 Å². The molecule has 0 bridgehead atoms. The van der Waals surface area contributed by atoms with Gasteiger partial charge in [0.1, 0.15) is 0 Å². The zero-order valence-electron chi connectivity index (χ0n) is 5.48. The average Bonchev–Trinajstić information content (AvgIpc) is 2.14. The zero-order valence-corrected chi connectivity index (χ0v) is 6.29. The van der Waals surface area contributed by atoms with Crippen molar-refractivity contribution < 1.29 is 0 Å². The molecule has 1 heterocycles. The van der Waals surface area contributed by atoms with E-state index in [9.17, 15) is 0 Å². The molecule has 1 rings (SSSR count). The van der Waals surface area contributed by atoms with Crippen LogP contribution in [-0.2, 0) is 0 Å². The molecule has 2 heteroatoms. The summed E-state index contributed by atoms with van der Waals surface area (Å²) in [6, 6.07) is 0.787. The van der Waals surface area contributed by atoms with Crippen LogP contribution < -0.4 is 5.32 Å². The van der Waals surface area contributed by atoms with Crippen molar-refractivity contribution in [3.8, 4) is 0 Å². The van der Waals surface area contributed by atoms with Gasteiger partial charge in [0.15, 0.2) is 0 Å². The van der Waals surface area contributed by atoms with Gasteiger partial charge in [-0.15, -0.1) is 11.8 Å². The molecule has 1 nitrogen and oxygen atoms in total. The predicted molar refractivity (Wildman–Crippen MR) is 39.1 cm³/mol. The lowest BCUT2D eigenvalue weighted by Crippen LogP contribution is -2.26. The summed E-state index contributed by atoms with van der Waals surface area (Å²) in [5.74, 6) is 1.30. The molecule has 0 amide bonds. The van der Waals surface area contributed by atoms with Crippen LogP contribution in [0.3, 0.4) is 0 Å². The molecule has 2 unspecified atom stereocenters. The van der Waals surface area contributed by atoms with Crippen molar-refractivity contribution in [2.24, 2.45) is 0 Å². The van der Waals surface area contributed by atoms with Crippen LogP contribution in [0, 0.1) is 0 Å². The van der Waals surface area contributed by atoms with Crippen LogP contribution in [0.5, 0.6) is 0 Å². The van der Waals surface area contributed by atoms with E-state index in [0.29, 0.717) is 5.37 Å². The summed E-state index contributed by atoms with van der Waals surface area (Å²) in [5.41, 5.74) is 0. The lowest BCUT2D eigenvalue weighted by molar-refractivity contribution is 0.567. The van der Waals surface area contributed by atoms with Gasteiger partial charge in [-0.3, -0.25) is 0 Å². The molecule has 1 fully saturated rings. The Kier molecular flexibility index (Phi) is 2.20. The maximum absolute atomic E-state index is 3.47. The second-order valence-corrected chi connectivity index (χ2v) is 3.62. The summed E-state index contributed by atoms with van der Waals surface area (Å²) in [4.78, 5) is 0. The molecule has 48 valence electrons. The highest BCUT2D eigenvalue weighted by molar-refractivity contribution is 8.00. The lowest BCUT2D eigenvalue weighted by atomic mass is 10.3. The maximum atomic E-state index is 3.47. The van der Waals surface area contributed by atoms with Crippen LogP contribution in [0.4, 0.5) is 0 Å². The number of nitrogens with one attached hydrogen (secondary N) is 1. The molecule has 0 aliphatic carbocycles. The average molecular weight is 131 g/mol. The number of rotatable bonds is 1. The van der Waals surface area contributed by atoms with Crippen LogP contribution in [0.25, 0.3) is 0 Å². The predicted octanol–water partition coefficient (Wildman–Crippen LogP) is 1.45. The topological polar surface area (TPSA) is 12.0 Å². The molecule has 0 aromatic heterocycles. The third kappa shape index (κ3) is 1.39. The summed E-state index contributed by atoms with van der Waals surface area (Å²) in [7, 11) is 0. The van der Waals surface area contributed by atoms with Gasteiger partial charge < -0.3 is 5.32 Å². The zero-order chi connectivity index (χ0) is 5.98. The lowest BCUT2D eigenvalue weighted by Gasteiger charge is -2.04. The van der Waals surface area contributed by atoms with Gasteiger partial charge in [-0.05, 0) is 13.3 Å². The fourth-order valence-corrected chi connectivity index (χ4v) is 2.07. The van der Waals surface area contributed by atoms with Crippen LogP contribution in [-0.4, -0.2) is 17.2 Å². The van der Waals surface area contributed by atoms with Gasteiger partial charge in [-0.25, -0.2) is 0 Å². The molecule has 0 radical (unpaired) electrons. The number of hydrogen-bond donors (Lipinski definition) is 1. The Morgan fingerprint density at radius 1 is 1.75 bits per heavy atom. The number of hydrogen-bond acceptors (Lipinski definition) is 2. The van der Waals surface area contributed by atoms with E-state index in [0.717, 1.165) is 6.04 Å². The van der Waals surface area contributed by atoms with Gasteiger partial charge in [0.25, 0.3) is 0 Å². The Morgan fingerprint density at radius 3 is 2.75 bits per heavy atom. The third-order valence-electron chi connectivity index (χ3n) is 1.51. The molecule has 1 saturated heterocycles. The Morgan fingerprint density at radius 2 is 2.50 bits per heavy atom. The normalized spacial score (nSPS) is 38.2. The molecular formula is C6H13NS. The van der Waals surface area contributed by atoms with Gasteiger partial charge >= 0.3 is 0 Å². The monoisotopic (exact) mass is 131 g/mol. The Balaban J connectivity index is 2.22. The molecule has 2 atom stereocenters.